The molecule has 1 atom stereocenters. The van der Waals surface area contributed by atoms with E-state index in [4.69, 9.17) is 10.1 Å². The number of benzene rings is 2. The Hall–Kier alpha value is -2.54. The molecule has 0 saturated heterocycles. The van der Waals surface area contributed by atoms with E-state index in [0.717, 1.165) is 42.2 Å². The maximum atomic E-state index is 10.5. The monoisotopic (exact) mass is 337 g/mol. The lowest BCUT2D eigenvalue weighted by Gasteiger charge is -2.35. The van der Waals surface area contributed by atoms with E-state index in [1.54, 1.807) is 7.11 Å². The van der Waals surface area contributed by atoms with Crippen LogP contribution in [0.3, 0.4) is 0 Å². The number of methoxy groups -OCH3 is 1. The Morgan fingerprint density at radius 1 is 1.32 bits per heavy atom. The number of hydrogen-bond acceptors (Lipinski definition) is 3. The van der Waals surface area contributed by atoms with Gasteiger partial charge in [-0.2, -0.15) is 0 Å². The van der Waals surface area contributed by atoms with Gasteiger partial charge in [-0.05, 0) is 66.3 Å². The van der Waals surface area contributed by atoms with Crippen molar-refractivity contribution >= 4 is 10.8 Å². The van der Waals surface area contributed by atoms with Gasteiger partial charge in [0.1, 0.15) is 5.75 Å². The van der Waals surface area contributed by atoms with Crippen molar-refractivity contribution < 1.29 is 9.84 Å². The van der Waals surface area contributed by atoms with Crippen molar-refractivity contribution in [1.82, 2.24) is 0 Å². The number of nitrogens with zero attached hydrogens (tertiary/aromatic N) is 2. The number of rotatable bonds is 3. The number of allylic oxidation sites excluding steroid dienone is 1. The molecule has 0 fully saturated rings. The number of fused-ring (bicyclic) bond motifs is 3. The highest BCUT2D eigenvalue weighted by Crippen LogP contribution is 2.46. The van der Waals surface area contributed by atoms with Gasteiger partial charge in [0.15, 0.2) is 10.7 Å². The maximum absolute atomic E-state index is 10.5. The summed E-state index contributed by atoms with van der Waals surface area (Å²) in [5, 5.41) is 21.6. The highest BCUT2D eigenvalue weighted by molar-refractivity contribution is 5.93. The SMILES string of the molecule is COc1cc2c(c3ccc(C(C)C)cc13)CCCC2(C)/C(O)=C/[N+]#N. The third-order valence-electron chi connectivity index (χ3n) is 5.56. The van der Waals surface area contributed by atoms with Crippen LogP contribution in [0.4, 0.5) is 0 Å². The molecule has 130 valence electrons. The van der Waals surface area contributed by atoms with Crippen LogP contribution in [-0.2, 0) is 11.8 Å². The summed E-state index contributed by atoms with van der Waals surface area (Å²) >= 11 is 0. The summed E-state index contributed by atoms with van der Waals surface area (Å²) in [6, 6.07) is 8.61. The molecule has 25 heavy (non-hydrogen) atoms. The molecule has 1 unspecified atom stereocenters. The van der Waals surface area contributed by atoms with Crippen molar-refractivity contribution in [3.05, 3.63) is 57.9 Å². The zero-order valence-electron chi connectivity index (χ0n) is 15.3. The van der Waals surface area contributed by atoms with Crippen LogP contribution in [0.5, 0.6) is 5.75 Å². The van der Waals surface area contributed by atoms with E-state index in [-0.39, 0.29) is 5.76 Å². The van der Waals surface area contributed by atoms with E-state index in [1.807, 2.05) is 13.0 Å². The minimum Gasteiger partial charge on any atom is -0.505 e. The predicted molar refractivity (Wildman–Crippen MR) is 101 cm³/mol. The third-order valence-corrected chi connectivity index (χ3v) is 5.56. The molecule has 1 N–H and O–H groups in total. The molecule has 0 saturated carbocycles. The first-order valence-electron chi connectivity index (χ1n) is 8.80. The number of aryl methyl sites for hydroxylation is 1. The summed E-state index contributed by atoms with van der Waals surface area (Å²) in [4.78, 5) is 3.02. The average molecular weight is 337 g/mol. The van der Waals surface area contributed by atoms with Gasteiger partial charge in [-0.1, -0.05) is 26.0 Å². The molecule has 1 aliphatic carbocycles. The molecule has 0 heterocycles. The van der Waals surface area contributed by atoms with Crippen LogP contribution in [-0.4, -0.2) is 12.2 Å². The van der Waals surface area contributed by atoms with Gasteiger partial charge >= 0.3 is 6.20 Å². The zero-order valence-corrected chi connectivity index (χ0v) is 15.3. The fourth-order valence-corrected chi connectivity index (χ4v) is 3.98. The van der Waals surface area contributed by atoms with Gasteiger partial charge in [0.25, 0.3) is 0 Å². The van der Waals surface area contributed by atoms with Gasteiger partial charge in [0.2, 0.25) is 5.39 Å². The van der Waals surface area contributed by atoms with Gasteiger partial charge in [-0.25, -0.2) is 0 Å². The lowest BCUT2D eigenvalue weighted by Crippen LogP contribution is -2.30. The molecule has 2 aromatic carbocycles. The second-order valence-corrected chi connectivity index (χ2v) is 7.38. The Bertz CT molecular complexity index is 893. The molecule has 0 bridgehead atoms. The lowest BCUT2D eigenvalue weighted by atomic mass is 9.69. The normalized spacial score (nSPS) is 20.4. The smallest absolute Gasteiger partial charge is 0.388 e. The molecular formula is C21H25N2O2+. The molecule has 0 spiro atoms. The molecule has 2 aromatic rings. The third kappa shape index (κ3) is 2.74. The van der Waals surface area contributed by atoms with Crippen LogP contribution < -0.4 is 4.74 Å². The van der Waals surface area contributed by atoms with Crippen molar-refractivity contribution in [3.63, 3.8) is 0 Å². The van der Waals surface area contributed by atoms with E-state index >= 15 is 0 Å². The number of aliphatic hydroxyl groups is 1. The number of ether oxygens (including phenoxy) is 1. The van der Waals surface area contributed by atoms with Gasteiger partial charge < -0.3 is 9.84 Å². The largest absolute Gasteiger partial charge is 0.505 e. The molecular weight excluding hydrogens is 312 g/mol. The topological polar surface area (TPSA) is 57.6 Å². The first-order valence-corrected chi connectivity index (χ1v) is 8.80. The highest BCUT2D eigenvalue weighted by Gasteiger charge is 2.39. The predicted octanol–water partition coefficient (Wildman–Crippen LogP) is 5.82. The van der Waals surface area contributed by atoms with Crippen LogP contribution in [0, 0.1) is 5.39 Å². The standard InChI is InChI=1S/C21H24N2O2/c1-13(2)14-7-8-15-16-6-5-9-21(3,20(24)12-23-22)18(16)11-19(25-4)17(15)10-14/h7-8,10-13H,5-6,9H2,1-4H3/p+1/b20-12-. The maximum Gasteiger partial charge on any atom is 0.388 e. The quantitative estimate of drug-likeness (QED) is 0.567. The minimum absolute atomic E-state index is 0.0798. The minimum atomic E-state index is -0.571. The van der Waals surface area contributed by atoms with Gasteiger partial charge in [-0.15, -0.1) is 0 Å². The van der Waals surface area contributed by atoms with Gasteiger partial charge in [-0.3, -0.25) is 0 Å². The summed E-state index contributed by atoms with van der Waals surface area (Å²) in [5.74, 6) is 1.35. The lowest BCUT2D eigenvalue weighted by molar-refractivity contribution is 0.281. The molecule has 1 aliphatic rings. The van der Waals surface area contributed by atoms with Crippen LogP contribution >= 0.6 is 0 Å². The van der Waals surface area contributed by atoms with Crippen molar-refractivity contribution in [3.8, 4) is 5.75 Å². The average Bonchev–Trinajstić information content (AvgIpc) is 2.61. The molecule has 3 rings (SSSR count). The number of hydrogen-bond donors (Lipinski definition) is 1. The van der Waals surface area contributed by atoms with Gasteiger partial charge in [0.05, 0.1) is 12.5 Å². The first-order chi connectivity index (χ1) is 11.9. The van der Waals surface area contributed by atoms with Crippen molar-refractivity contribution in [2.45, 2.75) is 51.4 Å². The molecule has 0 aromatic heterocycles. The van der Waals surface area contributed by atoms with Crippen molar-refractivity contribution in [2.24, 2.45) is 0 Å². The zero-order chi connectivity index (χ0) is 18.2. The number of aliphatic hydroxyl groups excluding tert-OH is 1. The Balaban J connectivity index is 2.32. The Morgan fingerprint density at radius 3 is 2.72 bits per heavy atom. The fourth-order valence-electron chi connectivity index (χ4n) is 3.98. The van der Waals surface area contributed by atoms with Crippen LogP contribution in [0.15, 0.2) is 36.2 Å². The second-order valence-electron chi connectivity index (χ2n) is 7.38. The van der Waals surface area contributed by atoms with Crippen LogP contribution in [0.1, 0.15) is 56.2 Å². The Labute approximate surface area is 148 Å². The van der Waals surface area contributed by atoms with E-state index < -0.39 is 5.41 Å². The molecule has 0 radical (unpaired) electrons. The summed E-state index contributed by atoms with van der Waals surface area (Å²) in [7, 11) is 1.68. The highest BCUT2D eigenvalue weighted by atomic mass is 16.5. The van der Waals surface area contributed by atoms with E-state index in [1.165, 1.54) is 16.5 Å². The number of diazo groups is 1. The summed E-state index contributed by atoms with van der Waals surface area (Å²) < 4.78 is 5.69. The summed E-state index contributed by atoms with van der Waals surface area (Å²) in [5.41, 5.74) is 3.01. The van der Waals surface area contributed by atoms with Crippen LogP contribution in [0.2, 0.25) is 0 Å². The van der Waals surface area contributed by atoms with Gasteiger partial charge in [0, 0.05) is 5.39 Å². The van der Waals surface area contributed by atoms with E-state index in [0.29, 0.717) is 5.92 Å². The van der Waals surface area contributed by atoms with Crippen LogP contribution in [0.25, 0.3) is 15.7 Å². The first kappa shape index (κ1) is 17.3. The summed E-state index contributed by atoms with van der Waals surface area (Å²) in [6.07, 6.45) is 3.88. The van der Waals surface area contributed by atoms with E-state index in [9.17, 15) is 5.11 Å². The fraction of sp³-hybridized carbons (Fsp3) is 0.429. The molecule has 4 nitrogen and oxygen atoms in total. The second kappa shape index (κ2) is 6.40. The Morgan fingerprint density at radius 2 is 2.08 bits per heavy atom. The molecule has 4 heteroatoms. The Kier molecular flexibility index (Phi) is 4.43. The van der Waals surface area contributed by atoms with Crippen molar-refractivity contribution in [2.75, 3.05) is 7.11 Å². The summed E-state index contributed by atoms with van der Waals surface area (Å²) in [6.45, 7) is 6.37. The van der Waals surface area contributed by atoms with E-state index in [2.05, 4.69) is 37.0 Å². The molecule has 0 amide bonds. The molecule has 0 aliphatic heterocycles. The van der Waals surface area contributed by atoms with Crippen molar-refractivity contribution in [1.29, 1.82) is 5.39 Å².